The maximum Gasteiger partial charge on any atom is 0.205 e. The molecule has 1 saturated carbocycles. The fourth-order valence-electron chi connectivity index (χ4n) is 1.68. The van der Waals surface area contributed by atoms with Gasteiger partial charge >= 0.3 is 0 Å². The average Bonchev–Trinajstić information content (AvgIpc) is 3.06. The van der Waals surface area contributed by atoms with Gasteiger partial charge in [0.1, 0.15) is 0 Å². The largest absolute Gasteiger partial charge is 0.353 e. The molecule has 16 heavy (non-hydrogen) atoms. The van der Waals surface area contributed by atoms with Crippen LogP contribution in [0.15, 0.2) is 4.99 Å². The third kappa shape index (κ3) is 5.35. The fourth-order valence-corrected chi connectivity index (χ4v) is 1.68. The van der Waals surface area contributed by atoms with Gasteiger partial charge in [0.25, 0.3) is 0 Å². The molecule has 0 bridgehead atoms. The number of rotatable bonds is 6. The normalized spacial score (nSPS) is 18.7. The molecule has 1 aliphatic carbocycles. The van der Waals surface area contributed by atoms with Crippen LogP contribution in [-0.2, 0) is 0 Å². The highest BCUT2D eigenvalue weighted by atomic mass is 15.3. The minimum atomic E-state index is 0.509. The lowest BCUT2D eigenvalue weighted by Crippen LogP contribution is -2.46. The van der Waals surface area contributed by atoms with Crippen LogP contribution in [0.25, 0.3) is 0 Å². The number of hydrogen-bond donors (Lipinski definition) is 3. The van der Waals surface area contributed by atoms with Crippen molar-refractivity contribution in [1.82, 2.24) is 10.7 Å². The number of nitrogens with two attached hydrogens (primary N) is 1. The second-order valence-corrected chi connectivity index (χ2v) is 5.16. The van der Waals surface area contributed by atoms with Crippen LogP contribution in [-0.4, -0.2) is 18.5 Å². The molecule has 1 aliphatic rings. The van der Waals surface area contributed by atoms with Gasteiger partial charge in [0.2, 0.25) is 5.96 Å². The molecule has 0 aromatic heterocycles. The smallest absolute Gasteiger partial charge is 0.205 e. The number of aliphatic imine (C=N–C) groups is 1. The summed E-state index contributed by atoms with van der Waals surface area (Å²) in [5.74, 6) is 7.70. The van der Waals surface area contributed by atoms with Crippen molar-refractivity contribution in [2.45, 2.75) is 52.5 Å². The maximum atomic E-state index is 5.47. The number of nitrogens with zero attached hydrogens (tertiary/aromatic N) is 1. The molecule has 0 spiro atoms. The highest BCUT2D eigenvalue weighted by molar-refractivity contribution is 5.79. The van der Waals surface area contributed by atoms with Gasteiger partial charge in [-0.25, -0.2) is 5.84 Å². The van der Waals surface area contributed by atoms with Gasteiger partial charge in [-0.3, -0.25) is 10.4 Å². The first-order valence-electron chi connectivity index (χ1n) is 6.43. The molecule has 0 saturated heterocycles. The van der Waals surface area contributed by atoms with Crippen molar-refractivity contribution in [3.05, 3.63) is 0 Å². The molecule has 0 aromatic rings. The number of nitrogens with one attached hydrogen (secondary N) is 2. The molecule has 4 heteroatoms. The summed E-state index contributed by atoms with van der Waals surface area (Å²) in [6, 6.07) is 0.509. The van der Waals surface area contributed by atoms with E-state index in [4.69, 9.17) is 5.84 Å². The third-order valence-corrected chi connectivity index (χ3v) is 2.90. The van der Waals surface area contributed by atoms with E-state index in [2.05, 4.69) is 36.5 Å². The van der Waals surface area contributed by atoms with Crippen LogP contribution < -0.4 is 16.6 Å². The van der Waals surface area contributed by atoms with Gasteiger partial charge in [0.15, 0.2) is 0 Å². The first-order valence-corrected chi connectivity index (χ1v) is 6.43. The summed E-state index contributed by atoms with van der Waals surface area (Å²) in [6.07, 6.45) is 5.16. The van der Waals surface area contributed by atoms with Crippen LogP contribution in [0, 0.1) is 11.8 Å². The highest BCUT2D eigenvalue weighted by Crippen LogP contribution is 2.33. The predicted molar refractivity (Wildman–Crippen MR) is 69.0 cm³/mol. The molecule has 94 valence electrons. The minimum absolute atomic E-state index is 0.509. The van der Waals surface area contributed by atoms with Crippen molar-refractivity contribution in [3.63, 3.8) is 0 Å². The second kappa shape index (κ2) is 6.74. The average molecular weight is 226 g/mol. The molecular weight excluding hydrogens is 200 g/mol. The van der Waals surface area contributed by atoms with Gasteiger partial charge in [-0.1, -0.05) is 33.6 Å². The molecular formula is C12H26N4. The molecule has 1 fully saturated rings. The molecule has 4 N–H and O–H groups in total. The topological polar surface area (TPSA) is 62.4 Å². The molecule has 0 aromatic carbocycles. The summed E-state index contributed by atoms with van der Waals surface area (Å²) in [5.41, 5.74) is 2.65. The summed E-state index contributed by atoms with van der Waals surface area (Å²) >= 11 is 0. The van der Waals surface area contributed by atoms with E-state index in [-0.39, 0.29) is 0 Å². The zero-order valence-electron chi connectivity index (χ0n) is 10.8. The Morgan fingerprint density at radius 1 is 1.44 bits per heavy atom. The summed E-state index contributed by atoms with van der Waals surface area (Å²) in [4.78, 5) is 4.43. The lowest BCUT2D eigenvalue weighted by Gasteiger charge is -2.19. The Labute approximate surface area is 99.1 Å². The molecule has 1 atom stereocenters. The lowest BCUT2D eigenvalue weighted by atomic mass is 10.1. The maximum absolute atomic E-state index is 5.47. The Morgan fingerprint density at radius 3 is 2.56 bits per heavy atom. The number of guanidine groups is 1. The van der Waals surface area contributed by atoms with E-state index in [1.54, 1.807) is 0 Å². The van der Waals surface area contributed by atoms with E-state index in [0.29, 0.717) is 12.0 Å². The third-order valence-electron chi connectivity index (χ3n) is 2.90. The Hall–Kier alpha value is -0.770. The molecule has 0 amide bonds. The lowest BCUT2D eigenvalue weighted by molar-refractivity contribution is 0.502. The van der Waals surface area contributed by atoms with Crippen molar-refractivity contribution < 1.29 is 0 Å². The molecule has 0 aliphatic heterocycles. The van der Waals surface area contributed by atoms with E-state index in [1.165, 1.54) is 19.3 Å². The van der Waals surface area contributed by atoms with Crippen molar-refractivity contribution in [1.29, 1.82) is 0 Å². The van der Waals surface area contributed by atoms with E-state index >= 15 is 0 Å². The SMILES string of the molecule is CCC(CC1CC1)NC(=NCC(C)C)NN. The van der Waals surface area contributed by atoms with Crippen LogP contribution in [0.1, 0.15) is 46.5 Å². The quantitative estimate of drug-likeness (QED) is 0.279. The van der Waals surface area contributed by atoms with Crippen molar-refractivity contribution >= 4 is 5.96 Å². The van der Waals surface area contributed by atoms with Gasteiger partial charge < -0.3 is 5.32 Å². The fraction of sp³-hybridized carbons (Fsp3) is 0.917. The summed E-state index contributed by atoms with van der Waals surface area (Å²) in [6.45, 7) is 7.32. The van der Waals surface area contributed by atoms with Crippen LogP contribution in [0.4, 0.5) is 0 Å². The van der Waals surface area contributed by atoms with E-state index in [9.17, 15) is 0 Å². The first kappa shape index (κ1) is 13.3. The van der Waals surface area contributed by atoms with Crippen LogP contribution >= 0.6 is 0 Å². The van der Waals surface area contributed by atoms with Crippen molar-refractivity contribution in [2.24, 2.45) is 22.7 Å². The standard InChI is InChI=1S/C12H26N4/c1-4-11(7-10-5-6-10)15-12(16-13)14-8-9(2)3/h9-11H,4-8,13H2,1-3H3,(H2,14,15,16). The van der Waals surface area contributed by atoms with Crippen LogP contribution in [0.3, 0.4) is 0 Å². The zero-order chi connectivity index (χ0) is 12.0. The molecule has 0 radical (unpaired) electrons. The minimum Gasteiger partial charge on any atom is -0.353 e. The monoisotopic (exact) mass is 226 g/mol. The Bertz CT molecular complexity index is 221. The van der Waals surface area contributed by atoms with E-state index < -0.39 is 0 Å². The van der Waals surface area contributed by atoms with E-state index in [1.807, 2.05) is 0 Å². The van der Waals surface area contributed by atoms with Crippen LogP contribution in [0.5, 0.6) is 0 Å². The summed E-state index contributed by atoms with van der Waals surface area (Å²) < 4.78 is 0. The Kier molecular flexibility index (Phi) is 5.60. The second-order valence-electron chi connectivity index (χ2n) is 5.16. The number of hydrogen-bond acceptors (Lipinski definition) is 2. The first-order chi connectivity index (χ1) is 7.65. The zero-order valence-corrected chi connectivity index (χ0v) is 10.8. The van der Waals surface area contributed by atoms with E-state index in [0.717, 1.165) is 24.8 Å². The Morgan fingerprint density at radius 2 is 2.12 bits per heavy atom. The molecule has 4 nitrogen and oxygen atoms in total. The van der Waals surface area contributed by atoms with Gasteiger partial charge in [-0.2, -0.15) is 0 Å². The highest BCUT2D eigenvalue weighted by Gasteiger charge is 2.24. The van der Waals surface area contributed by atoms with Crippen molar-refractivity contribution in [2.75, 3.05) is 6.54 Å². The molecule has 0 heterocycles. The van der Waals surface area contributed by atoms with Gasteiger partial charge in [0, 0.05) is 12.6 Å². The van der Waals surface area contributed by atoms with Crippen molar-refractivity contribution in [3.8, 4) is 0 Å². The van der Waals surface area contributed by atoms with Crippen LogP contribution in [0.2, 0.25) is 0 Å². The van der Waals surface area contributed by atoms with Gasteiger partial charge in [-0.05, 0) is 24.7 Å². The summed E-state index contributed by atoms with van der Waals surface area (Å²) in [7, 11) is 0. The molecule has 1 rings (SSSR count). The van der Waals surface area contributed by atoms with Gasteiger partial charge in [-0.15, -0.1) is 0 Å². The number of hydrazine groups is 1. The summed E-state index contributed by atoms with van der Waals surface area (Å²) in [5, 5.41) is 3.39. The Balaban J connectivity index is 2.35. The van der Waals surface area contributed by atoms with Gasteiger partial charge in [0.05, 0.1) is 0 Å². The molecule has 1 unspecified atom stereocenters. The predicted octanol–water partition coefficient (Wildman–Crippen LogP) is 1.63.